The van der Waals surface area contributed by atoms with Crippen LogP contribution in [0.15, 0.2) is 30.3 Å². The Morgan fingerprint density at radius 1 is 1.12 bits per heavy atom. The van der Waals surface area contributed by atoms with Gasteiger partial charge in [0.15, 0.2) is 0 Å². The second-order valence-electron chi connectivity index (χ2n) is 4.92. The Labute approximate surface area is 103 Å². The molecule has 1 aliphatic heterocycles. The third-order valence-corrected chi connectivity index (χ3v) is 3.80. The van der Waals surface area contributed by atoms with Gasteiger partial charge in [-0.05, 0) is 50.4 Å². The van der Waals surface area contributed by atoms with Crippen LogP contribution in [0.5, 0.6) is 0 Å². The Balaban J connectivity index is 1.96. The molecule has 1 aliphatic rings. The van der Waals surface area contributed by atoms with E-state index in [0.29, 0.717) is 0 Å². The highest BCUT2D eigenvalue weighted by molar-refractivity contribution is 5.81. The third-order valence-electron chi connectivity index (χ3n) is 3.80. The number of aromatic nitrogens is 1. The van der Waals surface area contributed by atoms with Crippen molar-refractivity contribution in [2.45, 2.75) is 32.9 Å². The summed E-state index contributed by atoms with van der Waals surface area (Å²) in [6.07, 6.45) is 2.73. The largest absolute Gasteiger partial charge is 0.344 e. The van der Waals surface area contributed by atoms with E-state index in [0.717, 1.165) is 13.1 Å². The predicted molar refractivity (Wildman–Crippen MR) is 72.1 cm³/mol. The van der Waals surface area contributed by atoms with Crippen molar-refractivity contribution in [1.29, 1.82) is 0 Å². The minimum atomic E-state index is 1.07. The van der Waals surface area contributed by atoms with Crippen LogP contribution in [-0.2, 0) is 13.1 Å². The van der Waals surface area contributed by atoms with Gasteiger partial charge in [0.1, 0.15) is 0 Å². The fourth-order valence-corrected chi connectivity index (χ4v) is 2.94. The van der Waals surface area contributed by atoms with Crippen LogP contribution in [0.4, 0.5) is 0 Å². The lowest BCUT2D eigenvalue weighted by Gasteiger charge is -2.16. The lowest BCUT2D eigenvalue weighted by atomic mass is 10.2. The molecule has 0 amide bonds. The highest BCUT2D eigenvalue weighted by Gasteiger charge is 2.14. The minimum absolute atomic E-state index is 1.07. The maximum atomic E-state index is 2.57. The Hall–Kier alpha value is -1.28. The molecule has 1 saturated heterocycles. The molecule has 0 aliphatic carbocycles. The molecule has 0 atom stereocenters. The number of hydrogen-bond acceptors (Lipinski definition) is 1. The number of hydrogen-bond donors (Lipinski definition) is 0. The molecule has 1 aromatic carbocycles. The van der Waals surface area contributed by atoms with Gasteiger partial charge >= 0.3 is 0 Å². The molecule has 2 nitrogen and oxygen atoms in total. The molecule has 90 valence electrons. The van der Waals surface area contributed by atoms with Crippen LogP contribution in [0.25, 0.3) is 10.9 Å². The van der Waals surface area contributed by atoms with E-state index in [1.807, 2.05) is 0 Å². The van der Waals surface area contributed by atoms with Crippen LogP contribution in [-0.4, -0.2) is 22.6 Å². The zero-order valence-corrected chi connectivity index (χ0v) is 10.5. The van der Waals surface area contributed by atoms with E-state index in [1.165, 1.54) is 42.5 Å². The highest BCUT2D eigenvalue weighted by Crippen LogP contribution is 2.22. The lowest BCUT2D eigenvalue weighted by molar-refractivity contribution is 0.322. The van der Waals surface area contributed by atoms with Crippen molar-refractivity contribution in [3.63, 3.8) is 0 Å². The van der Waals surface area contributed by atoms with Crippen LogP contribution in [0, 0.1) is 0 Å². The topological polar surface area (TPSA) is 8.17 Å². The number of aryl methyl sites for hydroxylation is 1. The monoisotopic (exact) mass is 228 g/mol. The first-order chi connectivity index (χ1) is 8.38. The summed E-state index contributed by atoms with van der Waals surface area (Å²) < 4.78 is 2.45. The molecule has 3 rings (SSSR count). The van der Waals surface area contributed by atoms with E-state index in [4.69, 9.17) is 0 Å². The summed E-state index contributed by atoms with van der Waals surface area (Å²) in [6, 6.07) is 11.1. The van der Waals surface area contributed by atoms with Gasteiger partial charge in [0.05, 0.1) is 0 Å². The smallest absolute Gasteiger partial charge is 0.0482 e. The van der Waals surface area contributed by atoms with Crippen LogP contribution >= 0.6 is 0 Å². The minimum Gasteiger partial charge on any atom is -0.344 e. The van der Waals surface area contributed by atoms with Gasteiger partial charge in [-0.1, -0.05) is 18.2 Å². The zero-order valence-electron chi connectivity index (χ0n) is 10.5. The second kappa shape index (κ2) is 4.53. The average Bonchev–Trinajstić information content (AvgIpc) is 2.96. The molecule has 0 bridgehead atoms. The van der Waals surface area contributed by atoms with Gasteiger partial charge < -0.3 is 4.57 Å². The highest BCUT2D eigenvalue weighted by atomic mass is 15.2. The van der Waals surface area contributed by atoms with Gasteiger partial charge in [-0.2, -0.15) is 0 Å². The molecular weight excluding hydrogens is 208 g/mol. The molecule has 0 unspecified atom stereocenters. The fraction of sp³-hybridized carbons (Fsp3) is 0.467. The van der Waals surface area contributed by atoms with E-state index < -0.39 is 0 Å². The number of para-hydroxylation sites is 1. The van der Waals surface area contributed by atoms with Gasteiger partial charge in [0.2, 0.25) is 0 Å². The van der Waals surface area contributed by atoms with Gasteiger partial charge in [-0.25, -0.2) is 0 Å². The molecule has 0 N–H and O–H groups in total. The Bertz CT molecular complexity index is 507. The number of benzene rings is 1. The number of likely N-dealkylation sites (tertiary alicyclic amines) is 1. The molecule has 2 heteroatoms. The Morgan fingerprint density at radius 2 is 1.88 bits per heavy atom. The summed E-state index contributed by atoms with van der Waals surface area (Å²) >= 11 is 0. The van der Waals surface area contributed by atoms with E-state index >= 15 is 0 Å². The zero-order chi connectivity index (χ0) is 11.7. The second-order valence-corrected chi connectivity index (χ2v) is 4.92. The molecule has 2 heterocycles. The molecule has 0 radical (unpaired) electrons. The Morgan fingerprint density at radius 3 is 2.65 bits per heavy atom. The van der Waals surface area contributed by atoms with Crippen molar-refractivity contribution in [2.24, 2.45) is 0 Å². The summed E-state index contributed by atoms with van der Waals surface area (Å²) in [5.74, 6) is 0. The van der Waals surface area contributed by atoms with Crippen LogP contribution in [0.3, 0.4) is 0 Å². The first-order valence-electron chi connectivity index (χ1n) is 6.68. The summed E-state index contributed by atoms with van der Waals surface area (Å²) in [5.41, 5.74) is 2.85. The third kappa shape index (κ3) is 1.98. The van der Waals surface area contributed by atoms with Crippen LogP contribution in [0.2, 0.25) is 0 Å². The first kappa shape index (κ1) is 10.8. The lowest BCUT2D eigenvalue weighted by Crippen LogP contribution is -2.20. The standard InChI is InChI=1S/C15H20N2/c1-2-17-14(12-16-9-5-6-10-16)11-13-7-3-4-8-15(13)17/h3-4,7-8,11H,2,5-6,9-10,12H2,1H3. The van der Waals surface area contributed by atoms with E-state index in [-0.39, 0.29) is 0 Å². The van der Waals surface area contributed by atoms with Crippen molar-refractivity contribution in [3.05, 3.63) is 36.0 Å². The van der Waals surface area contributed by atoms with Crippen molar-refractivity contribution in [1.82, 2.24) is 9.47 Å². The quantitative estimate of drug-likeness (QED) is 0.783. The fourth-order valence-electron chi connectivity index (χ4n) is 2.94. The molecule has 17 heavy (non-hydrogen) atoms. The summed E-state index contributed by atoms with van der Waals surface area (Å²) in [4.78, 5) is 2.57. The summed E-state index contributed by atoms with van der Waals surface area (Å²) in [5, 5.41) is 1.38. The maximum Gasteiger partial charge on any atom is 0.0482 e. The van der Waals surface area contributed by atoms with Crippen molar-refractivity contribution in [2.75, 3.05) is 13.1 Å². The Kier molecular flexibility index (Phi) is 2.89. The molecule has 1 fully saturated rings. The van der Waals surface area contributed by atoms with E-state index in [2.05, 4.69) is 46.7 Å². The number of rotatable bonds is 3. The number of fused-ring (bicyclic) bond motifs is 1. The van der Waals surface area contributed by atoms with Gasteiger partial charge in [-0.15, -0.1) is 0 Å². The normalized spacial score (nSPS) is 17.0. The van der Waals surface area contributed by atoms with Crippen LogP contribution < -0.4 is 0 Å². The van der Waals surface area contributed by atoms with Gasteiger partial charge in [0.25, 0.3) is 0 Å². The van der Waals surface area contributed by atoms with E-state index in [1.54, 1.807) is 0 Å². The van der Waals surface area contributed by atoms with E-state index in [9.17, 15) is 0 Å². The maximum absolute atomic E-state index is 2.57. The molecule has 0 saturated carbocycles. The summed E-state index contributed by atoms with van der Waals surface area (Å²) in [6.45, 7) is 6.95. The first-order valence-corrected chi connectivity index (χ1v) is 6.68. The van der Waals surface area contributed by atoms with Gasteiger partial charge in [0, 0.05) is 24.3 Å². The summed E-state index contributed by atoms with van der Waals surface area (Å²) in [7, 11) is 0. The predicted octanol–water partition coefficient (Wildman–Crippen LogP) is 3.26. The van der Waals surface area contributed by atoms with Gasteiger partial charge in [-0.3, -0.25) is 4.90 Å². The van der Waals surface area contributed by atoms with Crippen LogP contribution in [0.1, 0.15) is 25.5 Å². The van der Waals surface area contributed by atoms with Crippen molar-refractivity contribution in [3.8, 4) is 0 Å². The molecule has 0 spiro atoms. The SMILES string of the molecule is CCn1c(CN2CCCC2)cc2ccccc21. The number of nitrogens with zero attached hydrogens (tertiary/aromatic N) is 2. The van der Waals surface area contributed by atoms with Crippen molar-refractivity contribution >= 4 is 10.9 Å². The van der Waals surface area contributed by atoms with Crippen molar-refractivity contribution < 1.29 is 0 Å². The molecule has 1 aromatic heterocycles. The molecule has 2 aromatic rings. The average molecular weight is 228 g/mol. The molecular formula is C15H20N2.